The first-order valence-electron chi connectivity index (χ1n) is 10.9. The zero-order valence-electron chi connectivity index (χ0n) is 18.0. The van der Waals surface area contributed by atoms with Crippen LogP contribution in [0, 0.1) is 12.8 Å². The zero-order valence-corrected chi connectivity index (χ0v) is 18.8. The summed E-state index contributed by atoms with van der Waals surface area (Å²) in [6.07, 6.45) is 4.58. The third-order valence-electron chi connectivity index (χ3n) is 7.23. The molecule has 2 aromatic rings. The summed E-state index contributed by atoms with van der Waals surface area (Å²) >= 11 is 6.09. The van der Waals surface area contributed by atoms with Gasteiger partial charge >= 0.3 is 0 Å². The van der Waals surface area contributed by atoms with Crippen LogP contribution < -0.4 is 5.32 Å². The molecule has 1 spiro atoms. The molecule has 2 N–H and O–H groups in total. The first kappa shape index (κ1) is 21.1. The van der Waals surface area contributed by atoms with Crippen molar-refractivity contribution in [1.29, 1.82) is 0 Å². The minimum absolute atomic E-state index is 0.0426. The number of rotatable bonds is 4. The summed E-state index contributed by atoms with van der Waals surface area (Å²) < 4.78 is 0. The summed E-state index contributed by atoms with van der Waals surface area (Å²) in [6.45, 7) is 6.63. The fraction of sp³-hybridized carbons (Fsp3) is 0.423. The fourth-order valence-electron chi connectivity index (χ4n) is 5.29. The molecule has 1 aliphatic carbocycles. The quantitative estimate of drug-likeness (QED) is 0.662. The molecule has 30 heavy (non-hydrogen) atoms. The van der Waals surface area contributed by atoms with Crippen LogP contribution in [-0.2, 0) is 11.2 Å². The first-order chi connectivity index (χ1) is 14.4. The average Bonchev–Trinajstić information content (AvgIpc) is 2.98. The van der Waals surface area contributed by atoms with E-state index in [1.165, 1.54) is 5.56 Å². The highest BCUT2D eigenvalue weighted by molar-refractivity contribution is 6.30. The van der Waals surface area contributed by atoms with E-state index < -0.39 is 0 Å². The molecule has 0 bridgehead atoms. The van der Waals surface area contributed by atoms with Crippen molar-refractivity contribution in [3.8, 4) is 11.1 Å². The number of aliphatic hydroxyl groups excluding tert-OH is 1. The van der Waals surface area contributed by atoms with Crippen LogP contribution >= 0.6 is 11.6 Å². The molecule has 158 valence electrons. The van der Waals surface area contributed by atoms with Crippen molar-refractivity contribution in [3.05, 3.63) is 63.7 Å². The lowest BCUT2D eigenvalue weighted by Crippen LogP contribution is -2.47. The van der Waals surface area contributed by atoms with Gasteiger partial charge in [-0.2, -0.15) is 0 Å². The van der Waals surface area contributed by atoms with Crippen LogP contribution in [0.5, 0.6) is 0 Å². The molecule has 1 heterocycles. The van der Waals surface area contributed by atoms with Gasteiger partial charge in [0.15, 0.2) is 0 Å². The molecule has 0 saturated heterocycles. The summed E-state index contributed by atoms with van der Waals surface area (Å²) in [5.74, 6) is 0.395. The standard InChI is InChI=1S/C26H30ClNO2/c1-4-19-7-10-22(20-5-8-21(27)9-6-20)16(2)23(19)24-17(3)26(28-25(24)30)13-11-18(15-29)12-14-26/h5-10,18,29H,4,11-15H2,1-3H3,(H,28,30)/t18-,26+. The Morgan fingerprint density at radius 2 is 1.77 bits per heavy atom. The highest BCUT2D eigenvalue weighted by atomic mass is 35.5. The maximum atomic E-state index is 13.3. The Hall–Kier alpha value is -2.10. The molecule has 0 atom stereocenters. The van der Waals surface area contributed by atoms with Crippen molar-refractivity contribution in [1.82, 2.24) is 5.32 Å². The molecule has 2 aliphatic rings. The van der Waals surface area contributed by atoms with Crippen molar-refractivity contribution >= 4 is 23.1 Å². The van der Waals surface area contributed by atoms with Gasteiger partial charge in [0.2, 0.25) is 0 Å². The maximum absolute atomic E-state index is 13.3. The van der Waals surface area contributed by atoms with Gasteiger partial charge in [0.05, 0.1) is 5.54 Å². The topological polar surface area (TPSA) is 49.3 Å². The number of carbonyl (C=O) groups is 1. The van der Waals surface area contributed by atoms with E-state index in [-0.39, 0.29) is 18.1 Å². The third kappa shape index (κ3) is 3.48. The molecule has 4 rings (SSSR count). The second kappa shape index (κ2) is 8.20. The Balaban J connectivity index is 1.83. The van der Waals surface area contributed by atoms with E-state index in [2.05, 4.69) is 38.2 Å². The van der Waals surface area contributed by atoms with E-state index in [1.54, 1.807) is 0 Å². The molecule has 1 amide bonds. The number of benzene rings is 2. The van der Waals surface area contributed by atoms with Gasteiger partial charge in [0.25, 0.3) is 5.91 Å². The van der Waals surface area contributed by atoms with Gasteiger partial charge in [-0.1, -0.05) is 42.8 Å². The molecule has 1 saturated carbocycles. The number of hydrogen-bond donors (Lipinski definition) is 2. The molecule has 1 fully saturated rings. The van der Waals surface area contributed by atoms with Crippen molar-refractivity contribution in [2.45, 2.75) is 58.4 Å². The molecule has 4 heteroatoms. The van der Waals surface area contributed by atoms with Crippen LogP contribution in [0.15, 0.2) is 42.0 Å². The summed E-state index contributed by atoms with van der Waals surface area (Å²) in [5.41, 5.74) is 7.43. The van der Waals surface area contributed by atoms with E-state index >= 15 is 0 Å². The smallest absolute Gasteiger partial charge is 0.252 e. The Labute approximate surface area is 184 Å². The second-order valence-electron chi connectivity index (χ2n) is 8.79. The lowest BCUT2D eigenvalue weighted by atomic mass is 9.73. The first-order valence-corrected chi connectivity index (χ1v) is 11.3. The lowest BCUT2D eigenvalue weighted by Gasteiger charge is -2.38. The molecule has 0 aromatic heterocycles. The fourth-order valence-corrected chi connectivity index (χ4v) is 5.42. The van der Waals surface area contributed by atoms with Gasteiger partial charge in [-0.3, -0.25) is 4.79 Å². The Morgan fingerprint density at radius 1 is 1.10 bits per heavy atom. The highest BCUT2D eigenvalue weighted by Crippen LogP contribution is 2.45. The molecule has 0 radical (unpaired) electrons. The zero-order chi connectivity index (χ0) is 21.5. The van der Waals surface area contributed by atoms with E-state index in [0.29, 0.717) is 5.92 Å². The molecule has 0 unspecified atom stereocenters. The SMILES string of the molecule is CCc1ccc(-c2ccc(Cl)cc2)c(C)c1C1=C(C)[C@]2(CC[C@H](CO)CC2)NC1=O. The Bertz CT molecular complexity index is 998. The van der Waals surface area contributed by atoms with E-state index in [1.807, 2.05) is 24.3 Å². The summed E-state index contributed by atoms with van der Waals surface area (Å²) in [5, 5.41) is 13.6. The van der Waals surface area contributed by atoms with Gasteiger partial charge in [0.1, 0.15) is 0 Å². The van der Waals surface area contributed by atoms with Gasteiger partial charge in [-0.05, 0) is 97.4 Å². The third-order valence-corrected chi connectivity index (χ3v) is 7.48. The minimum Gasteiger partial charge on any atom is -0.396 e. The van der Waals surface area contributed by atoms with Crippen LogP contribution in [-0.4, -0.2) is 23.2 Å². The lowest BCUT2D eigenvalue weighted by molar-refractivity contribution is -0.116. The van der Waals surface area contributed by atoms with Crippen molar-refractivity contribution in [3.63, 3.8) is 0 Å². The summed E-state index contributed by atoms with van der Waals surface area (Å²) in [4.78, 5) is 13.3. The second-order valence-corrected chi connectivity index (χ2v) is 9.23. The monoisotopic (exact) mass is 423 g/mol. The van der Waals surface area contributed by atoms with Crippen LogP contribution in [0.3, 0.4) is 0 Å². The van der Waals surface area contributed by atoms with E-state index in [0.717, 1.165) is 70.5 Å². The summed E-state index contributed by atoms with van der Waals surface area (Å²) in [6, 6.07) is 12.2. The number of aliphatic hydroxyl groups is 1. The minimum atomic E-state index is -0.258. The number of nitrogens with one attached hydrogen (secondary N) is 1. The molecule has 3 nitrogen and oxygen atoms in total. The molecular formula is C26H30ClNO2. The number of amides is 1. The van der Waals surface area contributed by atoms with E-state index in [9.17, 15) is 9.90 Å². The number of halogens is 1. The molecular weight excluding hydrogens is 394 g/mol. The predicted molar refractivity (Wildman–Crippen MR) is 124 cm³/mol. The van der Waals surface area contributed by atoms with E-state index in [4.69, 9.17) is 11.6 Å². The van der Waals surface area contributed by atoms with Crippen molar-refractivity contribution in [2.75, 3.05) is 6.61 Å². The van der Waals surface area contributed by atoms with Gasteiger partial charge in [0, 0.05) is 17.2 Å². The largest absolute Gasteiger partial charge is 0.396 e. The van der Waals surface area contributed by atoms with Crippen LogP contribution in [0.2, 0.25) is 5.02 Å². The summed E-state index contributed by atoms with van der Waals surface area (Å²) in [7, 11) is 0. The average molecular weight is 424 g/mol. The normalized spacial score (nSPS) is 23.9. The van der Waals surface area contributed by atoms with Crippen LogP contribution in [0.25, 0.3) is 16.7 Å². The van der Waals surface area contributed by atoms with Gasteiger partial charge < -0.3 is 10.4 Å². The predicted octanol–water partition coefficient (Wildman–Crippen LogP) is 5.70. The highest BCUT2D eigenvalue weighted by Gasteiger charge is 2.45. The number of hydrogen-bond acceptors (Lipinski definition) is 2. The van der Waals surface area contributed by atoms with Crippen LogP contribution in [0.1, 0.15) is 56.2 Å². The Morgan fingerprint density at radius 3 is 2.37 bits per heavy atom. The van der Waals surface area contributed by atoms with Gasteiger partial charge in [-0.25, -0.2) is 0 Å². The maximum Gasteiger partial charge on any atom is 0.252 e. The number of carbonyl (C=O) groups excluding carboxylic acids is 1. The van der Waals surface area contributed by atoms with Crippen molar-refractivity contribution in [2.24, 2.45) is 5.92 Å². The molecule has 2 aromatic carbocycles. The number of aryl methyl sites for hydroxylation is 1. The molecule has 1 aliphatic heterocycles. The van der Waals surface area contributed by atoms with Crippen molar-refractivity contribution < 1.29 is 9.90 Å². The Kier molecular flexibility index (Phi) is 5.78. The van der Waals surface area contributed by atoms with Crippen LogP contribution in [0.4, 0.5) is 0 Å². The van der Waals surface area contributed by atoms with Gasteiger partial charge in [-0.15, -0.1) is 0 Å².